The van der Waals surface area contributed by atoms with Crippen molar-refractivity contribution in [2.24, 2.45) is 0 Å². The van der Waals surface area contributed by atoms with Gasteiger partial charge in [-0.2, -0.15) is 0 Å². The molecule has 1 aromatic carbocycles. The van der Waals surface area contributed by atoms with Gasteiger partial charge in [0.1, 0.15) is 0 Å². The van der Waals surface area contributed by atoms with E-state index in [2.05, 4.69) is 36.2 Å². The molecule has 0 radical (unpaired) electrons. The van der Waals surface area contributed by atoms with Crippen LogP contribution in [0.15, 0.2) is 18.2 Å². The second-order valence-corrected chi connectivity index (χ2v) is 5.60. The van der Waals surface area contributed by atoms with Crippen molar-refractivity contribution in [3.8, 4) is 0 Å². The van der Waals surface area contributed by atoms with Crippen molar-refractivity contribution in [2.75, 3.05) is 25.1 Å². The molecule has 1 saturated heterocycles. The molecule has 0 amide bonds. The first-order valence-electron chi connectivity index (χ1n) is 6.97. The van der Waals surface area contributed by atoms with Gasteiger partial charge in [-0.15, -0.1) is 0 Å². The molecule has 1 aliphatic rings. The molecule has 1 aliphatic heterocycles. The minimum Gasteiger partial charge on any atom is -0.375 e. The van der Waals surface area contributed by atoms with E-state index < -0.39 is 0 Å². The highest BCUT2D eigenvalue weighted by Crippen LogP contribution is 2.29. The van der Waals surface area contributed by atoms with E-state index in [4.69, 9.17) is 16.3 Å². The zero-order valence-corrected chi connectivity index (χ0v) is 12.7. The molecule has 2 atom stereocenters. The Morgan fingerprint density at radius 1 is 1.47 bits per heavy atom. The summed E-state index contributed by atoms with van der Waals surface area (Å²) in [5.74, 6) is 0. The number of benzene rings is 1. The van der Waals surface area contributed by atoms with Crippen LogP contribution in [-0.2, 0) is 11.3 Å². The van der Waals surface area contributed by atoms with E-state index in [1.165, 1.54) is 11.3 Å². The summed E-state index contributed by atoms with van der Waals surface area (Å²) in [6.45, 7) is 6.92. The maximum absolute atomic E-state index is 6.12. The van der Waals surface area contributed by atoms with E-state index in [0.717, 1.165) is 31.1 Å². The predicted octanol–water partition coefficient (Wildman–Crippen LogP) is 3.06. The largest absolute Gasteiger partial charge is 0.375 e. The number of hydrogen-bond acceptors (Lipinski definition) is 3. The Hall–Kier alpha value is -0.770. The van der Waals surface area contributed by atoms with Gasteiger partial charge in [-0.25, -0.2) is 0 Å². The van der Waals surface area contributed by atoms with Crippen molar-refractivity contribution in [1.29, 1.82) is 0 Å². The summed E-state index contributed by atoms with van der Waals surface area (Å²) in [4.78, 5) is 2.47. The number of ether oxygens (including phenoxy) is 1. The molecule has 106 valence electrons. The Balaban J connectivity index is 2.32. The molecule has 3 nitrogen and oxygen atoms in total. The summed E-state index contributed by atoms with van der Waals surface area (Å²) in [6.07, 6.45) is 1.37. The van der Waals surface area contributed by atoms with Crippen molar-refractivity contribution in [2.45, 2.75) is 39.0 Å². The van der Waals surface area contributed by atoms with E-state index in [1.807, 2.05) is 13.1 Å². The summed E-state index contributed by atoms with van der Waals surface area (Å²) in [6, 6.07) is 6.62. The summed E-state index contributed by atoms with van der Waals surface area (Å²) < 4.78 is 5.77. The quantitative estimate of drug-likeness (QED) is 0.919. The van der Waals surface area contributed by atoms with Gasteiger partial charge >= 0.3 is 0 Å². The van der Waals surface area contributed by atoms with Crippen molar-refractivity contribution in [3.05, 3.63) is 28.8 Å². The van der Waals surface area contributed by atoms with E-state index >= 15 is 0 Å². The number of nitrogens with one attached hydrogen (secondary N) is 1. The molecule has 0 aromatic heterocycles. The smallest absolute Gasteiger partial charge is 0.0723 e. The van der Waals surface area contributed by atoms with Gasteiger partial charge in [0.05, 0.1) is 18.8 Å². The van der Waals surface area contributed by atoms with Crippen LogP contribution in [0.25, 0.3) is 0 Å². The van der Waals surface area contributed by atoms with Crippen LogP contribution >= 0.6 is 11.6 Å². The van der Waals surface area contributed by atoms with Gasteiger partial charge < -0.3 is 15.0 Å². The molecule has 4 heteroatoms. The Morgan fingerprint density at radius 2 is 2.26 bits per heavy atom. The molecule has 1 fully saturated rings. The summed E-state index contributed by atoms with van der Waals surface area (Å²) in [7, 11) is 1.96. The molecule has 0 spiro atoms. The van der Waals surface area contributed by atoms with E-state index in [-0.39, 0.29) is 6.10 Å². The highest BCUT2D eigenvalue weighted by Gasteiger charge is 2.27. The van der Waals surface area contributed by atoms with Gasteiger partial charge in [0.15, 0.2) is 0 Å². The fourth-order valence-electron chi connectivity index (χ4n) is 2.64. The molecule has 2 unspecified atom stereocenters. The van der Waals surface area contributed by atoms with Crippen molar-refractivity contribution >= 4 is 17.3 Å². The van der Waals surface area contributed by atoms with E-state index in [1.54, 1.807) is 0 Å². The van der Waals surface area contributed by atoms with Crippen LogP contribution in [0.1, 0.15) is 25.8 Å². The van der Waals surface area contributed by atoms with Crippen LogP contribution in [0.3, 0.4) is 0 Å². The number of nitrogens with zero attached hydrogens (tertiary/aromatic N) is 1. The lowest BCUT2D eigenvalue weighted by Gasteiger charge is -2.41. The molecular formula is C15H23ClN2O. The third kappa shape index (κ3) is 3.41. The Labute approximate surface area is 120 Å². The second-order valence-electron chi connectivity index (χ2n) is 5.16. The van der Waals surface area contributed by atoms with Gasteiger partial charge in [-0.05, 0) is 44.2 Å². The minimum absolute atomic E-state index is 0.279. The maximum atomic E-state index is 6.12. The van der Waals surface area contributed by atoms with Gasteiger partial charge in [0.25, 0.3) is 0 Å². The van der Waals surface area contributed by atoms with Gasteiger partial charge in [0, 0.05) is 23.8 Å². The lowest BCUT2D eigenvalue weighted by molar-refractivity contribution is 0.0299. The average Bonchev–Trinajstić information content (AvgIpc) is 2.39. The van der Waals surface area contributed by atoms with Crippen LogP contribution in [0, 0.1) is 0 Å². The van der Waals surface area contributed by atoms with Crippen molar-refractivity contribution < 1.29 is 4.74 Å². The molecule has 0 aliphatic carbocycles. The lowest BCUT2D eigenvalue weighted by atomic mass is 10.1. The maximum Gasteiger partial charge on any atom is 0.0723 e. The summed E-state index contributed by atoms with van der Waals surface area (Å²) in [5, 5.41) is 4.01. The zero-order valence-electron chi connectivity index (χ0n) is 11.9. The first kappa shape index (κ1) is 14.6. The Bertz CT molecular complexity index is 425. The Morgan fingerprint density at radius 3 is 2.95 bits per heavy atom. The summed E-state index contributed by atoms with van der Waals surface area (Å²) in [5.41, 5.74) is 2.53. The predicted molar refractivity (Wildman–Crippen MR) is 81.1 cm³/mol. The lowest BCUT2D eigenvalue weighted by Crippen LogP contribution is -2.49. The van der Waals surface area contributed by atoms with Gasteiger partial charge in [0.2, 0.25) is 0 Å². The standard InChI is InChI=1S/C15H23ClN2O/c1-4-14-10-19-11(2)9-18(14)15-6-5-13(16)7-12(15)8-17-3/h5-7,11,14,17H,4,8-10H2,1-3H3. The number of rotatable bonds is 4. The number of anilines is 1. The van der Waals surface area contributed by atoms with Crippen LogP contribution < -0.4 is 10.2 Å². The first-order valence-corrected chi connectivity index (χ1v) is 7.34. The van der Waals surface area contributed by atoms with Crippen LogP contribution in [0.5, 0.6) is 0 Å². The average molecular weight is 283 g/mol. The molecule has 0 bridgehead atoms. The molecule has 1 aromatic rings. The Kier molecular flexibility index (Phi) is 5.08. The third-order valence-electron chi connectivity index (χ3n) is 3.66. The fraction of sp³-hybridized carbons (Fsp3) is 0.600. The molecule has 19 heavy (non-hydrogen) atoms. The number of halogens is 1. The zero-order chi connectivity index (χ0) is 13.8. The van der Waals surface area contributed by atoms with Crippen molar-refractivity contribution in [3.63, 3.8) is 0 Å². The molecule has 0 saturated carbocycles. The SMILES string of the molecule is CCC1COC(C)CN1c1ccc(Cl)cc1CNC. The van der Waals surface area contributed by atoms with Gasteiger partial charge in [-0.3, -0.25) is 0 Å². The van der Waals surface area contributed by atoms with Crippen LogP contribution in [-0.4, -0.2) is 32.3 Å². The number of morpholine rings is 1. The summed E-state index contributed by atoms with van der Waals surface area (Å²) >= 11 is 6.12. The molecule has 2 rings (SSSR count). The topological polar surface area (TPSA) is 24.5 Å². The highest BCUT2D eigenvalue weighted by atomic mass is 35.5. The second kappa shape index (κ2) is 6.60. The van der Waals surface area contributed by atoms with E-state index in [9.17, 15) is 0 Å². The van der Waals surface area contributed by atoms with Gasteiger partial charge in [-0.1, -0.05) is 18.5 Å². The van der Waals surface area contributed by atoms with Crippen LogP contribution in [0.2, 0.25) is 5.02 Å². The first-order chi connectivity index (χ1) is 9.15. The fourth-order valence-corrected chi connectivity index (χ4v) is 2.84. The monoisotopic (exact) mass is 282 g/mol. The minimum atomic E-state index is 0.279. The number of hydrogen-bond donors (Lipinski definition) is 1. The van der Waals surface area contributed by atoms with E-state index in [0.29, 0.717) is 6.04 Å². The third-order valence-corrected chi connectivity index (χ3v) is 3.89. The normalized spacial score (nSPS) is 23.7. The van der Waals surface area contributed by atoms with Crippen molar-refractivity contribution in [1.82, 2.24) is 5.32 Å². The highest BCUT2D eigenvalue weighted by molar-refractivity contribution is 6.30. The van der Waals surface area contributed by atoms with Crippen LogP contribution in [0.4, 0.5) is 5.69 Å². The molecule has 1 heterocycles. The molecule has 1 N–H and O–H groups in total. The molecular weight excluding hydrogens is 260 g/mol.